The van der Waals surface area contributed by atoms with Crippen LogP contribution in [0.15, 0.2) is 72.8 Å². The van der Waals surface area contributed by atoms with Crippen LogP contribution in [0.1, 0.15) is 53.6 Å². The van der Waals surface area contributed by atoms with Gasteiger partial charge in [-0.15, -0.1) is 0 Å². The van der Waals surface area contributed by atoms with E-state index in [-0.39, 0.29) is 24.3 Å². The van der Waals surface area contributed by atoms with Gasteiger partial charge in [-0.05, 0) is 50.8 Å². The summed E-state index contributed by atoms with van der Waals surface area (Å²) in [5.41, 5.74) is 6.45. The molecule has 0 radical (unpaired) electrons. The van der Waals surface area contributed by atoms with E-state index in [2.05, 4.69) is 23.5 Å². The first-order chi connectivity index (χ1) is 16.7. The third-order valence-corrected chi connectivity index (χ3v) is 6.38. The second-order valence-electron chi connectivity index (χ2n) is 9.70. The first-order valence-electron chi connectivity index (χ1n) is 12.5. The molecule has 0 bridgehead atoms. The summed E-state index contributed by atoms with van der Waals surface area (Å²) in [6.45, 7) is 10.6. The Bertz CT molecular complexity index is 1100. The van der Waals surface area contributed by atoms with Crippen LogP contribution < -0.4 is 5.32 Å². The fraction of sp³-hybridized carbons (Fsp3) is 0.355. The molecule has 4 heteroatoms. The molecule has 0 aliphatic heterocycles. The number of carbonyl (C=O) groups excluding carboxylic acids is 2. The standard InChI is InChI=1S/C31H38N2O2/c1-6-25(5)32-31(35)29(19-26-10-8-7-9-11-26)33(21-27-14-12-22(2)13-15-27)30(34)20-28-17-23(3)16-24(4)18-28/h7-18,25,29H,6,19-21H2,1-5H3,(H,32,35)/t25-,29+/m1/s1. The van der Waals surface area contributed by atoms with Gasteiger partial charge in [0.05, 0.1) is 6.42 Å². The van der Waals surface area contributed by atoms with Gasteiger partial charge in [0, 0.05) is 19.0 Å². The zero-order valence-corrected chi connectivity index (χ0v) is 21.7. The first-order valence-corrected chi connectivity index (χ1v) is 12.5. The van der Waals surface area contributed by atoms with Crippen molar-refractivity contribution in [2.45, 2.75) is 72.5 Å². The lowest BCUT2D eigenvalue weighted by atomic mass is 10.00. The molecule has 2 atom stereocenters. The number of carbonyl (C=O) groups is 2. The van der Waals surface area contributed by atoms with Gasteiger partial charge in [-0.25, -0.2) is 0 Å². The summed E-state index contributed by atoms with van der Waals surface area (Å²) in [6, 6.07) is 23.8. The Morgan fingerprint density at radius 2 is 1.43 bits per heavy atom. The number of hydrogen-bond acceptors (Lipinski definition) is 2. The van der Waals surface area contributed by atoms with E-state index in [1.54, 1.807) is 4.90 Å². The van der Waals surface area contributed by atoms with Crippen LogP contribution in [-0.2, 0) is 29.0 Å². The molecule has 0 heterocycles. The van der Waals surface area contributed by atoms with E-state index in [1.807, 2.05) is 89.2 Å². The molecule has 3 aromatic carbocycles. The Kier molecular flexibility index (Phi) is 9.25. The van der Waals surface area contributed by atoms with Gasteiger partial charge in [0.1, 0.15) is 6.04 Å². The third-order valence-electron chi connectivity index (χ3n) is 6.38. The smallest absolute Gasteiger partial charge is 0.243 e. The molecular weight excluding hydrogens is 432 g/mol. The summed E-state index contributed by atoms with van der Waals surface area (Å²) in [6.07, 6.45) is 1.56. The molecule has 4 nitrogen and oxygen atoms in total. The number of rotatable bonds is 10. The largest absolute Gasteiger partial charge is 0.352 e. The monoisotopic (exact) mass is 470 g/mol. The van der Waals surface area contributed by atoms with Crippen LogP contribution in [0.25, 0.3) is 0 Å². The third kappa shape index (κ3) is 7.81. The first kappa shape index (κ1) is 26.2. The predicted octanol–water partition coefficient (Wildman–Crippen LogP) is 5.71. The molecule has 0 unspecified atom stereocenters. The molecule has 0 aliphatic carbocycles. The maximum atomic E-state index is 13.8. The van der Waals surface area contributed by atoms with Crippen LogP contribution in [0.2, 0.25) is 0 Å². The highest BCUT2D eigenvalue weighted by Crippen LogP contribution is 2.18. The molecular formula is C31H38N2O2. The van der Waals surface area contributed by atoms with Crippen LogP contribution in [0.4, 0.5) is 0 Å². The Labute approximate surface area is 210 Å². The number of amides is 2. The van der Waals surface area contributed by atoms with Crippen LogP contribution in [0.3, 0.4) is 0 Å². The SMILES string of the molecule is CC[C@@H](C)NC(=O)[C@H](Cc1ccccc1)N(Cc1ccc(C)cc1)C(=O)Cc1cc(C)cc(C)c1. The Morgan fingerprint density at radius 1 is 0.800 bits per heavy atom. The summed E-state index contributed by atoms with van der Waals surface area (Å²) < 4.78 is 0. The van der Waals surface area contributed by atoms with Crippen molar-refractivity contribution in [2.24, 2.45) is 0 Å². The Hall–Kier alpha value is -3.40. The fourth-order valence-electron chi connectivity index (χ4n) is 4.33. The highest BCUT2D eigenvalue weighted by molar-refractivity contribution is 5.89. The van der Waals surface area contributed by atoms with Crippen molar-refractivity contribution in [3.8, 4) is 0 Å². The van der Waals surface area contributed by atoms with Crippen molar-refractivity contribution < 1.29 is 9.59 Å². The quantitative estimate of drug-likeness (QED) is 0.413. The molecule has 0 aromatic heterocycles. The maximum absolute atomic E-state index is 13.8. The average molecular weight is 471 g/mol. The molecule has 0 spiro atoms. The molecule has 0 saturated carbocycles. The molecule has 3 aromatic rings. The minimum absolute atomic E-state index is 0.0384. The molecule has 0 fully saturated rings. The second-order valence-corrected chi connectivity index (χ2v) is 9.70. The summed E-state index contributed by atoms with van der Waals surface area (Å²) in [4.78, 5) is 29.2. The van der Waals surface area contributed by atoms with Crippen molar-refractivity contribution >= 4 is 11.8 Å². The normalized spacial score (nSPS) is 12.6. The second kappa shape index (κ2) is 12.3. The molecule has 0 aliphatic rings. The van der Waals surface area contributed by atoms with Gasteiger partial charge in [0.25, 0.3) is 0 Å². The zero-order valence-electron chi connectivity index (χ0n) is 21.7. The minimum atomic E-state index is -0.605. The van der Waals surface area contributed by atoms with Crippen molar-refractivity contribution in [3.63, 3.8) is 0 Å². The van der Waals surface area contributed by atoms with Gasteiger partial charge in [-0.3, -0.25) is 9.59 Å². The van der Waals surface area contributed by atoms with Crippen molar-refractivity contribution in [1.29, 1.82) is 0 Å². The van der Waals surface area contributed by atoms with Crippen LogP contribution >= 0.6 is 0 Å². The van der Waals surface area contributed by atoms with Gasteiger partial charge in [0.15, 0.2) is 0 Å². The Morgan fingerprint density at radius 3 is 2.03 bits per heavy atom. The van der Waals surface area contributed by atoms with Crippen LogP contribution in [0.5, 0.6) is 0 Å². The highest BCUT2D eigenvalue weighted by Gasteiger charge is 2.31. The van der Waals surface area contributed by atoms with Gasteiger partial charge in [-0.2, -0.15) is 0 Å². The molecule has 0 saturated heterocycles. The molecule has 1 N–H and O–H groups in total. The summed E-state index contributed by atoms with van der Waals surface area (Å²) in [7, 11) is 0. The number of benzene rings is 3. The van der Waals surface area contributed by atoms with E-state index in [0.717, 1.165) is 39.8 Å². The fourth-order valence-corrected chi connectivity index (χ4v) is 4.33. The van der Waals surface area contributed by atoms with E-state index in [1.165, 1.54) is 0 Å². The summed E-state index contributed by atoms with van der Waals surface area (Å²) in [5, 5.41) is 3.13. The van der Waals surface area contributed by atoms with Crippen molar-refractivity contribution in [1.82, 2.24) is 10.2 Å². The Balaban J connectivity index is 1.98. The van der Waals surface area contributed by atoms with Crippen LogP contribution in [0, 0.1) is 20.8 Å². The number of aryl methyl sites for hydroxylation is 3. The zero-order chi connectivity index (χ0) is 25.4. The highest BCUT2D eigenvalue weighted by atomic mass is 16.2. The maximum Gasteiger partial charge on any atom is 0.243 e. The number of nitrogens with zero attached hydrogens (tertiary/aromatic N) is 1. The molecule has 3 rings (SSSR count). The molecule has 2 amide bonds. The topological polar surface area (TPSA) is 49.4 Å². The van der Waals surface area contributed by atoms with Crippen LogP contribution in [-0.4, -0.2) is 28.8 Å². The van der Waals surface area contributed by atoms with E-state index in [0.29, 0.717) is 13.0 Å². The average Bonchev–Trinajstić information content (AvgIpc) is 2.82. The van der Waals surface area contributed by atoms with E-state index in [9.17, 15) is 9.59 Å². The van der Waals surface area contributed by atoms with Gasteiger partial charge < -0.3 is 10.2 Å². The minimum Gasteiger partial charge on any atom is -0.352 e. The van der Waals surface area contributed by atoms with Gasteiger partial charge >= 0.3 is 0 Å². The van der Waals surface area contributed by atoms with Crippen molar-refractivity contribution in [3.05, 3.63) is 106 Å². The predicted molar refractivity (Wildman–Crippen MR) is 143 cm³/mol. The van der Waals surface area contributed by atoms with Gasteiger partial charge in [0.2, 0.25) is 11.8 Å². The number of nitrogens with one attached hydrogen (secondary N) is 1. The lowest BCUT2D eigenvalue weighted by Crippen LogP contribution is -2.52. The molecule has 35 heavy (non-hydrogen) atoms. The summed E-state index contributed by atoms with van der Waals surface area (Å²) >= 11 is 0. The number of hydrogen-bond donors (Lipinski definition) is 1. The molecule has 184 valence electrons. The summed E-state index contributed by atoms with van der Waals surface area (Å²) in [5.74, 6) is -0.153. The van der Waals surface area contributed by atoms with Crippen molar-refractivity contribution in [2.75, 3.05) is 0 Å². The van der Waals surface area contributed by atoms with Gasteiger partial charge in [-0.1, -0.05) is 96.4 Å². The van der Waals surface area contributed by atoms with E-state index < -0.39 is 6.04 Å². The van der Waals surface area contributed by atoms with E-state index >= 15 is 0 Å². The lowest BCUT2D eigenvalue weighted by Gasteiger charge is -2.32. The van der Waals surface area contributed by atoms with E-state index in [4.69, 9.17) is 0 Å². The lowest BCUT2D eigenvalue weighted by molar-refractivity contribution is -0.141.